The number of guanidine groups is 1. The first-order valence-electron chi connectivity index (χ1n) is 4.57. The molecule has 0 atom stereocenters. The summed E-state index contributed by atoms with van der Waals surface area (Å²) in [6.45, 7) is 2.90. The maximum Gasteiger partial charge on any atom is 0.192 e. The van der Waals surface area contributed by atoms with E-state index in [1.807, 2.05) is 24.3 Å². The lowest BCUT2D eigenvalue weighted by atomic mass is 10.3. The molecule has 76 valence electrons. The number of nitrogens with one attached hydrogen (secondary N) is 3. The molecular weight excluding hydrogens is 289 g/mol. The summed E-state index contributed by atoms with van der Waals surface area (Å²) in [6.07, 6.45) is 1.02. The van der Waals surface area contributed by atoms with E-state index in [0.717, 1.165) is 18.7 Å². The van der Waals surface area contributed by atoms with Gasteiger partial charge in [-0.15, -0.1) is 0 Å². The van der Waals surface area contributed by atoms with Gasteiger partial charge in [0, 0.05) is 15.8 Å². The standard InChI is InChI=1S/C10H14IN3/c1-2-7-13-10(12)14-9-5-3-8(11)4-6-9/h3-6H,2,7H2,1H3,(H3,12,13,14). The van der Waals surface area contributed by atoms with Crippen LogP contribution < -0.4 is 10.6 Å². The molecule has 0 saturated heterocycles. The summed E-state index contributed by atoms with van der Waals surface area (Å²) in [4.78, 5) is 0. The number of rotatable bonds is 3. The molecule has 1 aromatic rings. The first-order chi connectivity index (χ1) is 6.72. The monoisotopic (exact) mass is 303 g/mol. The van der Waals surface area contributed by atoms with Gasteiger partial charge in [0.05, 0.1) is 0 Å². The Morgan fingerprint density at radius 1 is 1.36 bits per heavy atom. The summed E-state index contributed by atoms with van der Waals surface area (Å²) in [7, 11) is 0. The van der Waals surface area contributed by atoms with E-state index in [1.54, 1.807) is 0 Å². The van der Waals surface area contributed by atoms with Crippen molar-refractivity contribution < 1.29 is 0 Å². The zero-order valence-corrected chi connectivity index (χ0v) is 10.3. The number of halogens is 1. The third kappa shape index (κ3) is 3.95. The molecule has 0 fully saturated rings. The maximum absolute atomic E-state index is 7.56. The Kier molecular flexibility index (Phi) is 4.72. The highest BCUT2D eigenvalue weighted by atomic mass is 127. The highest BCUT2D eigenvalue weighted by Gasteiger charge is 1.95. The molecule has 1 aromatic carbocycles. The van der Waals surface area contributed by atoms with E-state index in [0.29, 0.717) is 5.96 Å². The normalized spacial score (nSPS) is 9.57. The molecule has 0 bridgehead atoms. The van der Waals surface area contributed by atoms with Crippen molar-refractivity contribution in [3.63, 3.8) is 0 Å². The van der Waals surface area contributed by atoms with Gasteiger partial charge in [-0.2, -0.15) is 0 Å². The van der Waals surface area contributed by atoms with Crippen LogP contribution in [0, 0.1) is 8.98 Å². The molecule has 14 heavy (non-hydrogen) atoms. The largest absolute Gasteiger partial charge is 0.356 e. The second-order valence-corrected chi connectivity index (χ2v) is 4.18. The van der Waals surface area contributed by atoms with Crippen molar-refractivity contribution in [3.8, 4) is 0 Å². The number of benzene rings is 1. The van der Waals surface area contributed by atoms with Gasteiger partial charge >= 0.3 is 0 Å². The van der Waals surface area contributed by atoms with E-state index >= 15 is 0 Å². The van der Waals surface area contributed by atoms with Crippen molar-refractivity contribution in [1.82, 2.24) is 5.32 Å². The SMILES string of the molecule is CCCNC(=N)Nc1ccc(I)cc1. The van der Waals surface area contributed by atoms with Crippen LogP contribution in [0.3, 0.4) is 0 Å². The molecule has 3 nitrogen and oxygen atoms in total. The van der Waals surface area contributed by atoms with Gasteiger partial charge < -0.3 is 10.6 Å². The molecule has 0 heterocycles. The van der Waals surface area contributed by atoms with Crippen LogP contribution in [-0.2, 0) is 0 Å². The van der Waals surface area contributed by atoms with Crippen LogP contribution in [0.4, 0.5) is 5.69 Å². The molecular formula is C10H14IN3. The number of hydrogen-bond acceptors (Lipinski definition) is 1. The van der Waals surface area contributed by atoms with Crippen LogP contribution in [-0.4, -0.2) is 12.5 Å². The first kappa shape index (κ1) is 11.3. The average Bonchev–Trinajstić information content (AvgIpc) is 2.18. The highest BCUT2D eigenvalue weighted by Crippen LogP contribution is 2.10. The summed E-state index contributed by atoms with van der Waals surface area (Å²) in [6, 6.07) is 7.94. The number of hydrogen-bond donors (Lipinski definition) is 3. The van der Waals surface area contributed by atoms with Crippen molar-refractivity contribution in [1.29, 1.82) is 5.41 Å². The molecule has 0 radical (unpaired) electrons. The van der Waals surface area contributed by atoms with Gasteiger partial charge in [0.25, 0.3) is 0 Å². The molecule has 0 aromatic heterocycles. The minimum atomic E-state index is 0.355. The molecule has 0 amide bonds. The van der Waals surface area contributed by atoms with Gasteiger partial charge in [0.1, 0.15) is 0 Å². The molecule has 0 unspecified atom stereocenters. The minimum Gasteiger partial charge on any atom is -0.356 e. The lowest BCUT2D eigenvalue weighted by Gasteiger charge is -2.09. The third-order valence-electron chi connectivity index (χ3n) is 1.67. The second kappa shape index (κ2) is 5.85. The maximum atomic E-state index is 7.56. The third-order valence-corrected chi connectivity index (χ3v) is 2.38. The Morgan fingerprint density at radius 2 is 2.00 bits per heavy atom. The van der Waals surface area contributed by atoms with Crippen LogP contribution >= 0.6 is 22.6 Å². The van der Waals surface area contributed by atoms with Gasteiger partial charge in [-0.3, -0.25) is 5.41 Å². The van der Waals surface area contributed by atoms with E-state index < -0.39 is 0 Å². The predicted molar refractivity (Wildman–Crippen MR) is 68.8 cm³/mol. The molecule has 1 rings (SSSR count). The van der Waals surface area contributed by atoms with Crippen molar-refractivity contribution in [2.45, 2.75) is 13.3 Å². The summed E-state index contributed by atoms with van der Waals surface area (Å²) in [5.41, 5.74) is 0.944. The summed E-state index contributed by atoms with van der Waals surface area (Å²) >= 11 is 2.26. The Morgan fingerprint density at radius 3 is 2.57 bits per heavy atom. The number of anilines is 1. The van der Waals surface area contributed by atoms with Crippen LogP contribution in [0.15, 0.2) is 24.3 Å². The van der Waals surface area contributed by atoms with Crippen LogP contribution in [0.2, 0.25) is 0 Å². The fourth-order valence-corrected chi connectivity index (χ4v) is 1.33. The second-order valence-electron chi connectivity index (χ2n) is 2.93. The average molecular weight is 303 g/mol. The topological polar surface area (TPSA) is 47.9 Å². The van der Waals surface area contributed by atoms with Crippen LogP contribution in [0.25, 0.3) is 0 Å². The zero-order valence-electron chi connectivity index (χ0n) is 8.10. The molecule has 4 heteroatoms. The van der Waals surface area contributed by atoms with E-state index in [2.05, 4.69) is 40.1 Å². The van der Waals surface area contributed by atoms with Gasteiger partial charge in [-0.1, -0.05) is 6.92 Å². The molecule has 0 saturated carbocycles. The van der Waals surface area contributed by atoms with E-state index in [1.165, 1.54) is 3.57 Å². The molecule has 0 aliphatic heterocycles. The van der Waals surface area contributed by atoms with Gasteiger partial charge in [-0.05, 0) is 53.3 Å². The van der Waals surface area contributed by atoms with Crippen molar-refractivity contribution in [2.24, 2.45) is 0 Å². The first-order valence-corrected chi connectivity index (χ1v) is 5.65. The summed E-state index contributed by atoms with van der Waals surface area (Å²) < 4.78 is 1.20. The zero-order chi connectivity index (χ0) is 10.4. The van der Waals surface area contributed by atoms with Crippen LogP contribution in [0.5, 0.6) is 0 Å². The van der Waals surface area contributed by atoms with Crippen molar-refractivity contribution in [2.75, 3.05) is 11.9 Å². The Hall–Kier alpha value is -0.780. The predicted octanol–water partition coefficient (Wildman–Crippen LogP) is 2.64. The van der Waals surface area contributed by atoms with E-state index in [4.69, 9.17) is 5.41 Å². The van der Waals surface area contributed by atoms with Gasteiger partial charge in [0.15, 0.2) is 5.96 Å². The van der Waals surface area contributed by atoms with Gasteiger partial charge in [0.2, 0.25) is 0 Å². The molecule has 0 spiro atoms. The smallest absolute Gasteiger partial charge is 0.192 e. The minimum absolute atomic E-state index is 0.355. The molecule has 0 aliphatic carbocycles. The van der Waals surface area contributed by atoms with Crippen molar-refractivity contribution in [3.05, 3.63) is 27.8 Å². The summed E-state index contributed by atoms with van der Waals surface area (Å²) in [5, 5.41) is 13.5. The quantitative estimate of drug-likeness (QED) is 0.457. The Bertz CT molecular complexity index is 295. The molecule has 3 N–H and O–H groups in total. The fourth-order valence-electron chi connectivity index (χ4n) is 0.972. The summed E-state index contributed by atoms with van der Waals surface area (Å²) in [5.74, 6) is 0.355. The fraction of sp³-hybridized carbons (Fsp3) is 0.300. The Labute approximate surface area is 97.9 Å². The van der Waals surface area contributed by atoms with E-state index in [9.17, 15) is 0 Å². The van der Waals surface area contributed by atoms with Gasteiger partial charge in [-0.25, -0.2) is 0 Å². The lowest BCUT2D eigenvalue weighted by Crippen LogP contribution is -2.29. The molecule has 0 aliphatic rings. The lowest BCUT2D eigenvalue weighted by molar-refractivity contribution is 0.834. The van der Waals surface area contributed by atoms with Crippen LogP contribution in [0.1, 0.15) is 13.3 Å². The van der Waals surface area contributed by atoms with E-state index in [-0.39, 0.29) is 0 Å². The highest BCUT2D eigenvalue weighted by molar-refractivity contribution is 14.1. The Balaban J connectivity index is 2.44. The van der Waals surface area contributed by atoms with Crippen molar-refractivity contribution >= 4 is 34.2 Å².